The van der Waals surface area contributed by atoms with Crippen molar-refractivity contribution >= 4 is 37.5 Å². The van der Waals surface area contributed by atoms with Crippen LogP contribution >= 0.6 is 15.9 Å². The van der Waals surface area contributed by atoms with Crippen LogP contribution < -0.4 is 5.32 Å². The summed E-state index contributed by atoms with van der Waals surface area (Å²) in [5, 5.41) is 2.40. The number of sulfone groups is 1. The number of nitrogens with one attached hydrogen (secondary N) is 1. The van der Waals surface area contributed by atoms with Gasteiger partial charge in [-0.1, -0.05) is 0 Å². The van der Waals surface area contributed by atoms with E-state index in [0.29, 0.717) is 4.60 Å². The van der Waals surface area contributed by atoms with Crippen LogP contribution in [-0.4, -0.2) is 35.3 Å². The zero-order valence-corrected chi connectivity index (χ0v) is 12.0. The van der Waals surface area contributed by atoms with E-state index in [4.69, 9.17) is 0 Å². The predicted molar refractivity (Wildman–Crippen MR) is 67.3 cm³/mol. The highest BCUT2D eigenvalue weighted by Crippen LogP contribution is 2.17. The van der Waals surface area contributed by atoms with E-state index in [1.807, 2.05) is 0 Å². The molecule has 94 valence electrons. The van der Waals surface area contributed by atoms with Crippen LogP contribution in [0.2, 0.25) is 0 Å². The van der Waals surface area contributed by atoms with E-state index in [1.165, 1.54) is 26.2 Å². The molecule has 0 aliphatic carbocycles. The van der Waals surface area contributed by atoms with E-state index >= 15 is 0 Å². The third-order valence-corrected chi connectivity index (χ3v) is 4.78. The van der Waals surface area contributed by atoms with Crippen LogP contribution in [0.25, 0.3) is 0 Å². The van der Waals surface area contributed by atoms with Gasteiger partial charge in [0.25, 0.3) is 0 Å². The highest BCUT2D eigenvalue weighted by Gasteiger charge is 2.38. The van der Waals surface area contributed by atoms with Crippen LogP contribution in [0.1, 0.15) is 13.8 Å². The van der Waals surface area contributed by atoms with E-state index < -0.39 is 20.5 Å². The van der Waals surface area contributed by atoms with Crippen molar-refractivity contribution in [1.82, 2.24) is 9.97 Å². The Balaban J connectivity index is 2.90. The number of hydrogen-bond acceptors (Lipinski definition) is 5. The van der Waals surface area contributed by atoms with Gasteiger partial charge in [-0.05, 0) is 29.8 Å². The van der Waals surface area contributed by atoms with Crippen LogP contribution in [0.3, 0.4) is 0 Å². The Kier molecular flexibility index (Phi) is 3.88. The van der Waals surface area contributed by atoms with Crippen molar-refractivity contribution in [3.05, 3.63) is 17.0 Å². The molecule has 0 aromatic carbocycles. The van der Waals surface area contributed by atoms with Crippen LogP contribution in [-0.2, 0) is 14.6 Å². The van der Waals surface area contributed by atoms with Crippen molar-refractivity contribution in [2.45, 2.75) is 18.6 Å². The third kappa shape index (κ3) is 3.22. The summed E-state index contributed by atoms with van der Waals surface area (Å²) < 4.78 is 21.9. The lowest BCUT2D eigenvalue weighted by atomic mass is 10.2. The Bertz CT molecular complexity index is 525. The highest BCUT2D eigenvalue weighted by atomic mass is 79.9. The lowest BCUT2D eigenvalue weighted by Gasteiger charge is -2.20. The molecule has 1 N–H and O–H groups in total. The van der Waals surface area contributed by atoms with E-state index in [9.17, 15) is 13.2 Å². The smallest absolute Gasteiger partial charge is 0.246 e. The Labute approximate surface area is 108 Å². The minimum absolute atomic E-state index is 0.204. The van der Waals surface area contributed by atoms with Crippen LogP contribution in [0.5, 0.6) is 0 Å². The molecule has 0 aliphatic rings. The second-order valence-electron chi connectivity index (χ2n) is 3.96. The van der Waals surface area contributed by atoms with Crippen molar-refractivity contribution < 1.29 is 13.2 Å². The van der Waals surface area contributed by atoms with Crippen LogP contribution in [0.4, 0.5) is 5.82 Å². The fourth-order valence-corrected chi connectivity index (χ4v) is 1.40. The molecule has 1 aromatic heterocycles. The van der Waals surface area contributed by atoms with E-state index in [0.717, 1.165) is 6.26 Å². The number of nitrogens with zero attached hydrogens (tertiary/aromatic N) is 2. The number of carbonyl (C=O) groups is 1. The normalized spacial score (nSPS) is 12.2. The van der Waals surface area contributed by atoms with Gasteiger partial charge in [-0.25, -0.2) is 18.4 Å². The number of aromatic nitrogens is 2. The van der Waals surface area contributed by atoms with E-state index in [1.54, 1.807) is 0 Å². The standard InChI is InChI=1S/C9H12BrN3O3S/c1-9(2,17(3,15)16)8(14)13-7-5-11-6(10)4-12-7/h4-5H,1-3H3,(H,12,13,14). The molecule has 0 spiro atoms. The summed E-state index contributed by atoms with van der Waals surface area (Å²) in [5.74, 6) is -0.438. The first-order valence-corrected chi connectivity index (χ1v) is 7.31. The summed E-state index contributed by atoms with van der Waals surface area (Å²) in [6.07, 6.45) is 3.75. The summed E-state index contributed by atoms with van der Waals surface area (Å²) >= 11 is 3.10. The fourth-order valence-electron chi connectivity index (χ4n) is 0.812. The summed E-state index contributed by atoms with van der Waals surface area (Å²) in [5.41, 5.74) is 0. The lowest BCUT2D eigenvalue weighted by Crippen LogP contribution is -2.44. The average Bonchev–Trinajstić information content (AvgIpc) is 2.19. The molecule has 1 aromatic rings. The molecule has 0 radical (unpaired) electrons. The van der Waals surface area contributed by atoms with Crippen molar-refractivity contribution in [3.63, 3.8) is 0 Å². The van der Waals surface area contributed by atoms with Gasteiger partial charge < -0.3 is 5.32 Å². The van der Waals surface area contributed by atoms with Gasteiger partial charge in [0.2, 0.25) is 5.91 Å². The SMILES string of the molecule is CC(C)(C(=O)Nc1cnc(Br)cn1)S(C)(=O)=O. The number of carbonyl (C=O) groups excluding carboxylic acids is 1. The van der Waals surface area contributed by atoms with Gasteiger partial charge >= 0.3 is 0 Å². The molecule has 1 rings (SSSR count). The van der Waals surface area contributed by atoms with Gasteiger partial charge in [0, 0.05) is 6.26 Å². The fraction of sp³-hybridized carbons (Fsp3) is 0.444. The van der Waals surface area contributed by atoms with Gasteiger partial charge in [-0.3, -0.25) is 4.79 Å². The minimum atomic E-state index is -3.50. The molecule has 0 atom stereocenters. The molecule has 0 fully saturated rings. The molecule has 0 aliphatic heterocycles. The maximum Gasteiger partial charge on any atom is 0.246 e. The largest absolute Gasteiger partial charge is 0.308 e. The van der Waals surface area contributed by atoms with E-state index in [2.05, 4.69) is 31.2 Å². The lowest BCUT2D eigenvalue weighted by molar-refractivity contribution is -0.117. The minimum Gasteiger partial charge on any atom is -0.308 e. The molecule has 0 bridgehead atoms. The predicted octanol–water partition coefficient (Wildman–Crippen LogP) is 1.00. The Hall–Kier alpha value is -1.02. The number of hydrogen-bond donors (Lipinski definition) is 1. The maximum absolute atomic E-state index is 11.8. The Morgan fingerprint density at radius 2 is 1.94 bits per heavy atom. The van der Waals surface area contributed by atoms with Crippen LogP contribution in [0, 0.1) is 0 Å². The number of halogens is 1. The molecule has 1 heterocycles. The maximum atomic E-state index is 11.8. The molecule has 0 saturated heterocycles. The van der Waals surface area contributed by atoms with Crippen molar-refractivity contribution in [2.24, 2.45) is 0 Å². The van der Waals surface area contributed by atoms with Crippen LogP contribution in [0.15, 0.2) is 17.0 Å². The van der Waals surface area contributed by atoms with Crippen molar-refractivity contribution in [3.8, 4) is 0 Å². The molecule has 17 heavy (non-hydrogen) atoms. The zero-order chi connectivity index (χ0) is 13.3. The Morgan fingerprint density at radius 1 is 1.35 bits per heavy atom. The molecular weight excluding hydrogens is 310 g/mol. The first-order valence-electron chi connectivity index (χ1n) is 4.63. The summed E-state index contributed by atoms with van der Waals surface area (Å²) in [6.45, 7) is 2.67. The topological polar surface area (TPSA) is 89.0 Å². The summed E-state index contributed by atoms with van der Waals surface area (Å²) in [4.78, 5) is 19.5. The third-order valence-electron chi connectivity index (χ3n) is 2.34. The van der Waals surface area contributed by atoms with Gasteiger partial charge in [0.1, 0.15) is 9.35 Å². The van der Waals surface area contributed by atoms with Crippen molar-refractivity contribution in [2.75, 3.05) is 11.6 Å². The molecule has 8 heteroatoms. The second kappa shape index (κ2) is 4.69. The molecule has 6 nitrogen and oxygen atoms in total. The first-order chi connectivity index (χ1) is 7.64. The van der Waals surface area contributed by atoms with Crippen molar-refractivity contribution in [1.29, 1.82) is 0 Å². The van der Waals surface area contributed by atoms with Gasteiger partial charge in [0.15, 0.2) is 15.7 Å². The second-order valence-corrected chi connectivity index (χ2v) is 7.34. The summed E-state index contributed by atoms with van der Waals surface area (Å²) in [6, 6.07) is 0. The monoisotopic (exact) mass is 321 g/mol. The van der Waals surface area contributed by atoms with E-state index in [-0.39, 0.29) is 5.82 Å². The Morgan fingerprint density at radius 3 is 2.35 bits per heavy atom. The van der Waals surface area contributed by atoms with Gasteiger partial charge in [0.05, 0.1) is 12.4 Å². The van der Waals surface area contributed by atoms with Gasteiger partial charge in [-0.2, -0.15) is 0 Å². The highest BCUT2D eigenvalue weighted by molar-refractivity contribution is 9.10. The number of rotatable bonds is 3. The summed E-state index contributed by atoms with van der Waals surface area (Å²) in [7, 11) is -3.50. The number of anilines is 1. The van der Waals surface area contributed by atoms with Gasteiger partial charge in [-0.15, -0.1) is 0 Å². The molecule has 0 unspecified atom stereocenters. The molecule has 1 amide bonds. The zero-order valence-electron chi connectivity index (χ0n) is 9.56. The quantitative estimate of drug-likeness (QED) is 0.897. The average molecular weight is 322 g/mol. The first kappa shape index (κ1) is 14.0. The number of amides is 1. The molecular formula is C9H12BrN3O3S. The molecule has 0 saturated carbocycles.